The van der Waals surface area contributed by atoms with E-state index in [1.807, 2.05) is 11.8 Å². The molecule has 10 nitrogen and oxygen atoms in total. The molecule has 4 N–H and O–H groups in total. The number of aliphatic hydroxyl groups is 1. The lowest BCUT2D eigenvalue weighted by atomic mass is 9.79. The first kappa shape index (κ1) is 23.1. The summed E-state index contributed by atoms with van der Waals surface area (Å²) in [5.74, 6) is -2.19. The summed E-state index contributed by atoms with van der Waals surface area (Å²) < 4.78 is 0. The van der Waals surface area contributed by atoms with Gasteiger partial charge in [-0.05, 0) is 19.8 Å². The second-order valence-corrected chi connectivity index (χ2v) is 10.6. The zero-order valence-electron chi connectivity index (χ0n) is 18.5. The molecule has 32 heavy (non-hydrogen) atoms. The zero-order valence-corrected chi connectivity index (χ0v) is 19.3. The highest BCUT2D eigenvalue weighted by Crippen LogP contribution is 2.51. The van der Waals surface area contributed by atoms with Crippen molar-refractivity contribution in [3.05, 3.63) is 10.6 Å². The van der Waals surface area contributed by atoms with Crippen LogP contribution in [0.3, 0.4) is 0 Å². The van der Waals surface area contributed by atoms with E-state index in [4.69, 9.17) is 5.41 Å². The molecule has 0 bridgehead atoms. The first-order chi connectivity index (χ1) is 15.1. The van der Waals surface area contributed by atoms with Gasteiger partial charge >= 0.3 is 5.97 Å². The van der Waals surface area contributed by atoms with Gasteiger partial charge in [0.2, 0.25) is 11.8 Å². The van der Waals surface area contributed by atoms with Gasteiger partial charge in [-0.25, -0.2) is 4.79 Å². The number of carbonyl (C=O) groups is 3. The molecule has 2 amide bonds. The molecule has 0 spiro atoms. The van der Waals surface area contributed by atoms with Crippen molar-refractivity contribution in [2.24, 2.45) is 11.8 Å². The van der Waals surface area contributed by atoms with E-state index in [1.165, 1.54) is 23.0 Å². The third-order valence-corrected chi connectivity index (χ3v) is 8.78. The molecule has 176 valence electrons. The number of hydrogen-bond acceptors (Lipinski definition) is 7. The predicted molar refractivity (Wildman–Crippen MR) is 119 cm³/mol. The van der Waals surface area contributed by atoms with E-state index >= 15 is 0 Å². The lowest BCUT2D eigenvalue weighted by Crippen LogP contribution is -2.63. The van der Waals surface area contributed by atoms with Crippen molar-refractivity contribution in [2.75, 3.05) is 26.7 Å². The molecule has 0 aliphatic carbocycles. The van der Waals surface area contributed by atoms with Gasteiger partial charge in [0.15, 0.2) is 0 Å². The van der Waals surface area contributed by atoms with Gasteiger partial charge in [-0.2, -0.15) is 0 Å². The maximum atomic E-state index is 13.0. The van der Waals surface area contributed by atoms with Gasteiger partial charge in [-0.3, -0.25) is 15.0 Å². The molecule has 0 aromatic carbocycles. The Kier molecular flexibility index (Phi) is 6.25. The lowest BCUT2D eigenvalue weighted by molar-refractivity contribution is -0.163. The number of nitrogens with one attached hydrogen (secondary N) is 2. The second kappa shape index (κ2) is 8.68. The molecule has 3 fully saturated rings. The van der Waals surface area contributed by atoms with Crippen LogP contribution in [0.5, 0.6) is 0 Å². The SMILES string of the molecule is C[C@@H](O)[C@H]1C(=O)N2C(C(=O)O)=C(S[C@@H]3CN[C@H](C(=O)N(C)[C@H]4CCN(C=N)C4)C3)[C@H](C)[C@H]12. The third kappa shape index (κ3) is 3.69. The number of carboxylic acids is 1. The predicted octanol–water partition coefficient (Wildman–Crippen LogP) is -0.256. The molecule has 0 unspecified atom stereocenters. The molecule has 0 saturated carbocycles. The van der Waals surface area contributed by atoms with Crippen molar-refractivity contribution < 1.29 is 24.6 Å². The highest BCUT2D eigenvalue weighted by molar-refractivity contribution is 8.03. The Bertz CT molecular complexity index is 864. The summed E-state index contributed by atoms with van der Waals surface area (Å²) in [5, 5.41) is 30.5. The van der Waals surface area contributed by atoms with Crippen LogP contribution in [0.2, 0.25) is 0 Å². The number of fused-ring (bicyclic) bond motifs is 1. The monoisotopic (exact) mass is 465 g/mol. The molecule has 7 atom stereocenters. The fourth-order valence-electron chi connectivity index (χ4n) is 5.47. The summed E-state index contributed by atoms with van der Waals surface area (Å²) in [7, 11) is 1.81. The van der Waals surface area contributed by atoms with E-state index in [9.17, 15) is 24.6 Å². The molecule has 0 aromatic heterocycles. The highest BCUT2D eigenvalue weighted by Gasteiger charge is 2.60. The largest absolute Gasteiger partial charge is 0.477 e. The van der Waals surface area contributed by atoms with Crippen LogP contribution in [0.15, 0.2) is 10.6 Å². The van der Waals surface area contributed by atoms with E-state index < -0.39 is 18.0 Å². The first-order valence-corrected chi connectivity index (χ1v) is 11.9. The van der Waals surface area contributed by atoms with Crippen LogP contribution >= 0.6 is 11.8 Å². The smallest absolute Gasteiger partial charge is 0.353 e. The second-order valence-electron chi connectivity index (χ2n) is 9.22. The Hall–Kier alpha value is -2.11. The number of thioether (sulfide) groups is 1. The average molecular weight is 466 g/mol. The van der Waals surface area contributed by atoms with Crippen LogP contribution in [0.1, 0.15) is 26.7 Å². The number of carbonyl (C=O) groups excluding carboxylic acids is 2. The molecule has 3 saturated heterocycles. The number of rotatable bonds is 7. The van der Waals surface area contributed by atoms with Crippen molar-refractivity contribution in [1.82, 2.24) is 20.0 Å². The quantitative estimate of drug-likeness (QED) is 0.229. The number of aliphatic carboxylic acids is 1. The zero-order chi connectivity index (χ0) is 23.3. The first-order valence-electron chi connectivity index (χ1n) is 11.1. The third-order valence-electron chi connectivity index (χ3n) is 7.27. The van der Waals surface area contributed by atoms with Gasteiger partial charge in [-0.15, -0.1) is 11.8 Å². The van der Waals surface area contributed by atoms with Gasteiger partial charge in [0, 0.05) is 42.8 Å². The summed E-state index contributed by atoms with van der Waals surface area (Å²) in [4.78, 5) is 43.1. The van der Waals surface area contributed by atoms with E-state index in [0.29, 0.717) is 24.4 Å². The number of carboxylic acid groups (broad SMARTS) is 1. The summed E-state index contributed by atoms with van der Waals surface area (Å²) in [6, 6.07) is -0.574. The van der Waals surface area contributed by atoms with Crippen LogP contribution in [-0.4, -0.2) is 105 Å². The van der Waals surface area contributed by atoms with Crippen molar-refractivity contribution in [1.29, 1.82) is 5.41 Å². The number of likely N-dealkylation sites (tertiary alicyclic amines) is 1. The summed E-state index contributed by atoms with van der Waals surface area (Å²) in [6.07, 6.45) is 1.90. The van der Waals surface area contributed by atoms with E-state index in [1.54, 1.807) is 18.9 Å². The van der Waals surface area contributed by atoms with E-state index in [-0.39, 0.29) is 46.8 Å². The van der Waals surface area contributed by atoms with E-state index in [2.05, 4.69) is 5.32 Å². The molecular formula is C21H31N5O5S. The molecule has 0 aromatic rings. The Morgan fingerprint density at radius 1 is 1.41 bits per heavy atom. The van der Waals surface area contributed by atoms with E-state index in [0.717, 1.165) is 13.0 Å². The van der Waals surface area contributed by atoms with Crippen LogP contribution in [-0.2, 0) is 14.4 Å². The Morgan fingerprint density at radius 2 is 2.12 bits per heavy atom. The number of nitrogens with zero attached hydrogens (tertiary/aromatic N) is 3. The molecule has 4 rings (SSSR count). The van der Waals surface area contributed by atoms with Crippen molar-refractivity contribution in [3.63, 3.8) is 0 Å². The summed E-state index contributed by atoms with van der Waals surface area (Å²) in [6.45, 7) is 5.49. The maximum Gasteiger partial charge on any atom is 0.353 e. The molecular weight excluding hydrogens is 434 g/mol. The Labute approximate surface area is 191 Å². The minimum Gasteiger partial charge on any atom is -0.477 e. The van der Waals surface area contributed by atoms with Gasteiger partial charge in [0.1, 0.15) is 5.70 Å². The number of hydrogen-bond donors (Lipinski definition) is 4. The highest BCUT2D eigenvalue weighted by atomic mass is 32.2. The van der Waals surface area contributed by atoms with Crippen molar-refractivity contribution in [2.45, 2.75) is 56.2 Å². The van der Waals surface area contributed by atoms with Crippen LogP contribution in [0.4, 0.5) is 0 Å². The topological polar surface area (TPSA) is 137 Å². The molecule has 0 radical (unpaired) electrons. The normalized spacial score (nSPS) is 35.1. The fourth-order valence-corrected chi connectivity index (χ4v) is 6.95. The number of aliphatic hydroxyl groups excluding tert-OH is 1. The maximum absolute atomic E-state index is 13.0. The molecule has 4 aliphatic rings. The average Bonchev–Trinajstić information content (AvgIpc) is 3.45. The number of β-lactam (4-membered cyclic amide) rings is 1. The summed E-state index contributed by atoms with van der Waals surface area (Å²) >= 11 is 1.44. The van der Waals surface area contributed by atoms with Crippen LogP contribution < -0.4 is 5.32 Å². The lowest BCUT2D eigenvalue weighted by Gasteiger charge is -2.46. The van der Waals surface area contributed by atoms with Gasteiger partial charge in [0.25, 0.3) is 0 Å². The minimum atomic E-state index is -1.13. The van der Waals surface area contributed by atoms with Gasteiger partial charge in [0.05, 0.1) is 36.5 Å². The fraction of sp³-hybridized carbons (Fsp3) is 0.714. The number of amides is 2. The summed E-state index contributed by atoms with van der Waals surface area (Å²) in [5.41, 5.74) is 0.0268. The van der Waals surface area contributed by atoms with Crippen molar-refractivity contribution in [3.8, 4) is 0 Å². The van der Waals surface area contributed by atoms with Crippen LogP contribution in [0, 0.1) is 17.2 Å². The van der Waals surface area contributed by atoms with Gasteiger partial charge < -0.3 is 30.2 Å². The molecule has 11 heteroatoms. The minimum absolute atomic E-state index is 0.0182. The van der Waals surface area contributed by atoms with Crippen LogP contribution in [0.25, 0.3) is 0 Å². The standard InChI is InChI=1S/C21H31N5O5S/c1-10-16-15(11(2)27)20(29)26(16)17(21(30)31)18(10)32-13-6-14(23-7-13)19(28)24(3)12-4-5-25(8-12)9-22/h9-16,22-23,27H,4-8H2,1-3H3,(H,30,31)/t10-,11-,12+,13+,14+,15-,16-/m1/s1. The van der Waals surface area contributed by atoms with Gasteiger partial charge in [-0.1, -0.05) is 6.92 Å². The van der Waals surface area contributed by atoms with Crippen molar-refractivity contribution >= 4 is 35.9 Å². The number of likely N-dealkylation sites (N-methyl/N-ethyl adjacent to an activating group) is 1. The Morgan fingerprint density at radius 3 is 2.72 bits per heavy atom. The molecule has 4 heterocycles. The Balaban J connectivity index is 1.42. The molecule has 4 aliphatic heterocycles.